The molecule has 0 N–H and O–H groups in total. The Kier molecular flexibility index (Phi) is 5.53. The lowest BCUT2D eigenvalue weighted by Crippen LogP contribution is -2.29. The molecule has 0 aliphatic carbocycles. The van der Waals surface area contributed by atoms with Crippen molar-refractivity contribution in [2.24, 2.45) is 0 Å². The van der Waals surface area contributed by atoms with E-state index in [4.69, 9.17) is 9.47 Å². The largest absolute Gasteiger partial charge is 0.508 e. The first kappa shape index (κ1) is 13.2. The minimum absolute atomic E-state index is 0.215. The molecule has 0 fully saturated rings. The molecular weight excluding hydrogens is 184 g/mol. The van der Waals surface area contributed by atoms with Crippen molar-refractivity contribution in [2.75, 3.05) is 13.7 Å². The van der Waals surface area contributed by atoms with Crippen molar-refractivity contribution < 1.29 is 19.0 Å². The Balaban J connectivity index is 3.86. The van der Waals surface area contributed by atoms with Gasteiger partial charge in [0.25, 0.3) is 0 Å². The molecule has 0 saturated carbocycles. The summed E-state index contributed by atoms with van der Waals surface area (Å²) in [6.07, 6.45) is -0.179. The molecule has 4 nitrogen and oxygen atoms in total. The first-order valence-corrected chi connectivity index (χ1v) is 4.77. The summed E-state index contributed by atoms with van der Waals surface area (Å²) in [5, 5.41) is 0. The molecule has 0 rings (SSSR count). The average Bonchev–Trinajstić information content (AvgIpc) is 2.10. The monoisotopic (exact) mass is 204 g/mol. The lowest BCUT2D eigenvalue weighted by Gasteiger charge is -2.23. The molecule has 0 aromatic carbocycles. The van der Waals surface area contributed by atoms with Gasteiger partial charge >= 0.3 is 6.16 Å². The van der Waals surface area contributed by atoms with E-state index < -0.39 is 6.16 Å². The molecule has 1 atom stereocenters. The Morgan fingerprint density at radius 2 is 1.93 bits per heavy atom. The standard InChI is InChI=1S/C10H20O4/c1-6-8(14-9(11)12-5)7-13-10(2,3)4/h8H,6-7H2,1-5H3. The highest BCUT2D eigenvalue weighted by Gasteiger charge is 2.17. The number of ether oxygens (including phenoxy) is 3. The molecule has 1 unspecified atom stereocenters. The number of hydrogen-bond acceptors (Lipinski definition) is 4. The number of rotatable bonds is 4. The van der Waals surface area contributed by atoms with Gasteiger partial charge in [0.05, 0.1) is 19.3 Å². The Bertz CT molecular complexity index is 171. The average molecular weight is 204 g/mol. The van der Waals surface area contributed by atoms with Gasteiger partial charge in [-0.25, -0.2) is 4.79 Å². The highest BCUT2D eigenvalue weighted by molar-refractivity contribution is 5.59. The van der Waals surface area contributed by atoms with E-state index in [9.17, 15) is 4.79 Å². The fourth-order valence-electron chi connectivity index (χ4n) is 0.762. The summed E-state index contributed by atoms with van der Waals surface area (Å²) in [5.74, 6) is 0. The second-order valence-electron chi connectivity index (χ2n) is 4.03. The molecule has 0 spiro atoms. The van der Waals surface area contributed by atoms with Crippen LogP contribution < -0.4 is 0 Å². The number of carbonyl (C=O) groups is 1. The predicted molar refractivity (Wildman–Crippen MR) is 53.3 cm³/mol. The molecule has 0 radical (unpaired) electrons. The molecule has 0 bridgehead atoms. The SMILES string of the molecule is CCC(COC(C)(C)C)OC(=O)OC. The lowest BCUT2D eigenvalue weighted by molar-refractivity contribution is -0.0636. The van der Waals surface area contributed by atoms with Crippen molar-refractivity contribution in [3.8, 4) is 0 Å². The van der Waals surface area contributed by atoms with E-state index in [0.29, 0.717) is 13.0 Å². The molecule has 14 heavy (non-hydrogen) atoms. The molecule has 84 valence electrons. The molecule has 4 heteroatoms. The van der Waals surface area contributed by atoms with Gasteiger partial charge in [-0.05, 0) is 27.2 Å². The van der Waals surface area contributed by atoms with E-state index in [2.05, 4.69) is 4.74 Å². The summed E-state index contributed by atoms with van der Waals surface area (Å²) < 4.78 is 14.9. The molecule has 0 saturated heterocycles. The number of methoxy groups -OCH3 is 1. The van der Waals surface area contributed by atoms with Crippen molar-refractivity contribution in [1.82, 2.24) is 0 Å². The first-order chi connectivity index (χ1) is 6.39. The van der Waals surface area contributed by atoms with Gasteiger partial charge in [0.15, 0.2) is 0 Å². The van der Waals surface area contributed by atoms with Gasteiger partial charge in [-0.2, -0.15) is 0 Å². The third kappa shape index (κ3) is 6.71. The van der Waals surface area contributed by atoms with E-state index in [-0.39, 0.29) is 11.7 Å². The van der Waals surface area contributed by atoms with Crippen LogP contribution in [0.5, 0.6) is 0 Å². The van der Waals surface area contributed by atoms with Crippen LogP contribution in [0.15, 0.2) is 0 Å². The third-order valence-corrected chi connectivity index (χ3v) is 1.59. The Morgan fingerprint density at radius 3 is 2.29 bits per heavy atom. The summed E-state index contributed by atoms with van der Waals surface area (Å²) in [4.78, 5) is 10.8. The second kappa shape index (κ2) is 5.86. The van der Waals surface area contributed by atoms with Gasteiger partial charge in [0, 0.05) is 0 Å². The van der Waals surface area contributed by atoms with Crippen molar-refractivity contribution in [3.05, 3.63) is 0 Å². The van der Waals surface area contributed by atoms with Crippen molar-refractivity contribution in [3.63, 3.8) is 0 Å². The van der Waals surface area contributed by atoms with Crippen LogP contribution in [-0.2, 0) is 14.2 Å². The van der Waals surface area contributed by atoms with Crippen LogP contribution in [-0.4, -0.2) is 31.6 Å². The van der Waals surface area contributed by atoms with Crippen LogP contribution in [0.2, 0.25) is 0 Å². The van der Waals surface area contributed by atoms with Gasteiger partial charge in [-0.15, -0.1) is 0 Å². The zero-order valence-corrected chi connectivity index (χ0v) is 9.62. The zero-order chi connectivity index (χ0) is 11.2. The van der Waals surface area contributed by atoms with Crippen LogP contribution in [0.1, 0.15) is 34.1 Å². The summed E-state index contributed by atoms with van der Waals surface area (Å²) in [5.41, 5.74) is -0.215. The van der Waals surface area contributed by atoms with E-state index >= 15 is 0 Å². The predicted octanol–water partition coefficient (Wildman–Crippen LogP) is 2.36. The summed E-state index contributed by atoms with van der Waals surface area (Å²) in [7, 11) is 1.29. The molecule has 0 aromatic rings. The molecule has 0 aliphatic rings. The van der Waals surface area contributed by atoms with Gasteiger partial charge in [-0.3, -0.25) is 0 Å². The maximum Gasteiger partial charge on any atom is 0.508 e. The highest BCUT2D eigenvalue weighted by atomic mass is 16.7. The first-order valence-electron chi connectivity index (χ1n) is 4.77. The maximum absolute atomic E-state index is 10.8. The Hall–Kier alpha value is -0.770. The summed E-state index contributed by atoms with van der Waals surface area (Å²) >= 11 is 0. The highest BCUT2D eigenvalue weighted by Crippen LogP contribution is 2.10. The maximum atomic E-state index is 10.8. The topological polar surface area (TPSA) is 44.8 Å². The molecule has 0 aromatic heterocycles. The van der Waals surface area contributed by atoms with E-state index in [0.717, 1.165) is 0 Å². The van der Waals surface area contributed by atoms with Gasteiger partial charge in [0.2, 0.25) is 0 Å². The van der Waals surface area contributed by atoms with Crippen LogP contribution in [0.4, 0.5) is 4.79 Å². The van der Waals surface area contributed by atoms with Gasteiger partial charge in [0.1, 0.15) is 6.10 Å². The van der Waals surface area contributed by atoms with E-state index in [1.54, 1.807) is 0 Å². The number of hydrogen-bond donors (Lipinski definition) is 0. The second-order valence-corrected chi connectivity index (χ2v) is 4.03. The molecule has 0 aliphatic heterocycles. The minimum Gasteiger partial charge on any atom is -0.438 e. The molecular formula is C10H20O4. The van der Waals surface area contributed by atoms with Crippen molar-refractivity contribution >= 4 is 6.16 Å². The van der Waals surface area contributed by atoms with Crippen molar-refractivity contribution in [2.45, 2.75) is 45.8 Å². The smallest absolute Gasteiger partial charge is 0.438 e. The fourth-order valence-corrected chi connectivity index (χ4v) is 0.762. The minimum atomic E-state index is -0.658. The summed E-state index contributed by atoms with van der Waals surface area (Å²) in [6.45, 7) is 8.20. The third-order valence-electron chi connectivity index (χ3n) is 1.59. The Labute approximate surface area is 85.5 Å². The van der Waals surface area contributed by atoms with Crippen LogP contribution in [0.3, 0.4) is 0 Å². The summed E-state index contributed by atoms with van der Waals surface area (Å²) in [6, 6.07) is 0. The molecule has 0 amide bonds. The molecule has 0 heterocycles. The van der Waals surface area contributed by atoms with Crippen LogP contribution >= 0.6 is 0 Å². The van der Waals surface area contributed by atoms with Gasteiger partial charge in [-0.1, -0.05) is 6.92 Å². The Morgan fingerprint density at radius 1 is 1.36 bits per heavy atom. The van der Waals surface area contributed by atoms with E-state index in [1.807, 2.05) is 27.7 Å². The zero-order valence-electron chi connectivity index (χ0n) is 9.62. The van der Waals surface area contributed by atoms with E-state index in [1.165, 1.54) is 7.11 Å². The van der Waals surface area contributed by atoms with Gasteiger partial charge < -0.3 is 14.2 Å². The van der Waals surface area contributed by atoms with Crippen molar-refractivity contribution in [1.29, 1.82) is 0 Å². The normalized spacial score (nSPS) is 13.5. The lowest BCUT2D eigenvalue weighted by atomic mass is 10.2. The van der Waals surface area contributed by atoms with Crippen LogP contribution in [0.25, 0.3) is 0 Å². The number of carbonyl (C=O) groups excluding carboxylic acids is 1. The fraction of sp³-hybridized carbons (Fsp3) is 0.900. The van der Waals surface area contributed by atoms with Crippen LogP contribution in [0, 0.1) is 0 Å². The quantitative estimate of drug-likeness (QED) is 0.659.